The number of ether oxygens (including phenoxy) is 1. The number of nitrogens with two attached hydrogens (primary N) is 1. The fourth-order valence-electron chi connectivity index (χ4n) is 1.80. The molecule has 0 bridgehead atoms. The van der Waals surface area contributed by atoms with Gasteiger partial charge < -0.3 is 10.5 Å². The first kappa shape index (κ1) is 14.5. The van der Waals surface area contributed by atoms with Crippen molar-refractivity contribution in [1.29, 1.82) is 0 Å². The van der Waals surface area contributed by atoms with Crippen LogP contribution in [0.3, 0.4) is 0 Å². The summed E-state index contributed by atoms with van der Waals surface area (Å²) in [6, 6.07) is 9.23. The van der Waals surface area contributed by atoms with Crippen molar-refractivity contribution in [2.45, 2.75) is 13.3 Å². The van der Waals surface area contributed by atoms with Gasteiger partial charge in [0.15, 0.2) is 5.78 Å². The summed E-state index contributed by atoms with van der Waals surface area (Å²) in [7, 11) is 0. The van der Waals surface area contributed by atoms with Gasteiger partial charge in [-0.25, -0.2) is 4.98 Å². The first-order valence-corrected chi connectivity index (χ1v) is 7.05. The van der Waals surface area contributed by atoms with Crippen LogP contribution >= 0.6 is 15.9 Å². The van der Waals surface area contributed by atoms with Crippen molar-refractivity contribution in [2.24, 2.45) is 0 Å². The molecular weight excluding hydrogens is 320 g/mol. The van der Waals surface area contributed by atoms with Gasteiger partial charge in [-0.3, -0.25) is 4.79 Å². The number of nitrogen functional groups attached to an aromatic ring is 1. The fraction of sp³-hybridized carbons (Fsp3) is 0.200. The van der Waals surface area contributed by atoms with Crippen LogP contribution in [0.4, 0.5) is 5.69 Å². The molecule has 0 aliphatic rings. The molecule has 0 aliphatic heterocycles. The number of aromatic nitrogens is 1. The second kappa shape index (κ2) is 6.52. The zero-order valence-electron chi connectivity index (χ0n) is 11.1. The van der Waals surface area contributed by atoms with Gasteiger partial charge >= 0.3 is 0 Å². The molecule has 0 amide bonds. The highest BCUT2D eigenvalue weighted by Crippen LogP contribution is 2.21. The molecule has 104 valence electrons. The molecule has 0 aliphatic carbocycles. The largest absolute Gasteiger partial charge is 0.477 e. The maximum Gasteiger partial charge on any atom is 0.224 e. The highest BCUT2D eigenvalue weighted by atomic mass is 79.9. The average molecular weight is 335 g/mol. The summed E-state index contributed by atoms with van der Waals surface area (Å²) < 4.78 is 6.36. The minimum atomic E-state index is -0.0597. The summed E-state index contributed by atoms with van der Waals surface area (Å²) in [6.45, 7) is 2.30. The maximum atomic E-state index is 12.4. The Morgan fingerprint density at radius 1 is 1.35 bits per heavy atom. The Morgan fingerprint density at radius 3 is 2.70 bits per heavy atom. The number of Topliss-reactive ketones (excluding diaryl/α,β-unsaturated/α-hetero) is 1. The van der Waals surface area contributed by atoms with Crippen molar-refractivity contribution in [3.63, 3.8) is 0 Å². The predicted octanol–water partition coefficient (Wildman–Crippen LogP) is 3.25. The Labute approximate surface area is 126 Å². The third kappa shape index (κ3) is 3.57. The summed E-state index contributed by atoms with van der Waals surface area (Å²) in [6.07, 6.45) is 1.78. The van der Waals surface area contributed by atoms with E-state index >= 15 is 0 Å². The Hall–Kier alpha value is -1.88. The van der Waals surface area contributed by atoms with Gasteiger partial charge in [-0.1, -0.05) is 28.1 Å². The third-order valence-electron chi connectivity index (χ3n) is 2.73. The molecule has 0 atom stereocenters. The number of anilines is 1. The van der Waals surface area contributed by atoms with Crippen molar-refractivity contribution >= 4 is 27.4 Å². The molecule has 0 unspecified atom stereocenters. The molecular formula is C15H15BrN2O2. The Bertz CT molecular complexity index is 612. The van der Waals surface area contributed by atoms with Gasteiger partial charge in [-0.15, -0.1) is 0 Å². The quantitative estimate of drug-likeness (QED) is 0.852. The molecule has 1 heterocycles. The van der Waals surface area contributed by atoms with E-state index in [-0.39, 0.29) is 5.78 Å². The second-order valence-corrected chi connectivity index (χ2v) is 5.20. The van der Waals surface area contributed by atoms with Crippen LogP contribution in [0, 0.1) is 0 Å². The van der Waals surface area contributed by atoms with E-state index in [1.165, 1.54) is 6.20 Å². The number of hydrogen-bond donors (Lipinski definition) is 1. The van der Waals surface area contributed by atoms with Gasteiger partial charge in [0.2, 0.25) is 5.88 Å². The van der Waals surface area contributed by atoms with Crippen molar-refractivity contribution in [2.75, 3.05) is 12.3 Å². The van der Waals surface area contributed by atoms with Crippen LogP contribution in [-0.2, 0) is 6.42 Å². The topological polar surface area (TPSA) is 65.2 Å². The van der Waals surface area contributed by atoms with Crippen molar-refractivity contribution in [1.82, 2.24) is 4.98 Å². The lowest BCUT2D eigenvalue weighted by Crippen LogP contribution is -2.09. The van der Waals surface area contributed by atoms with Crippen LogP contribution in [-0.4, -0.2) is 17.4 Å². The maximum absolute atomic E-state index is 12.4. The smallest absolute Gasteiger partial charge is 0.224 e. The van der Waals surface area contributed by atoms with Crippen molar-refractivity contribution in [3.8, 4) is 5.88 Å². The molecule has 0 fully saturated rings. The van der Waals surface area contributed by atoms with Gasteiger partial charge in [0.1, 0.15) is 0 Å². The number of ketones is 1. The summed E-state index contributed by atoms with van der Waals surface area (Å²) in [5, 5.41) is 0. The number of rotatable bonds is 5. The normalized spacial score (nSPS) is 10.3. The van der Waals surface area contributed by atoms with Crippen LogP contribution in [0.5, 0.6) is 5.88 Å². The molecule has 0 saturated heterocycles. The Morgan fingerprint density at radius 2 is 2.05 bits per heavy atom. The zero-order valence-corrected chi connectivity index (χ0v) is 12.7. The predicted molar refractivity (Wildman–Crippen MR) is 82.0 cm³/mol. The van der Waals surface area contributed by atoms with E-state index in [4.69, 9.17) is 10.5 Å². The highest BCUT2D eigenvalue weighted by molar-refractivity contribution is 9.10. The van der Waals surface area contributed by atoms with Crippen molar-refractivity contribution in [3.05, 3.63) is 52.1 Å². The molecule has 4 nitrogen and oxygen atoms in total. The Kier molecular flexibility index (Phi) is 4.74. The van der Waals surface area contributed by atoms with Crippen LogP contribution in [0.15, 0.2) is 41.0 Å². The summed E-state index contributed by atoms with van der Waals surface area (Å²) in [5.41, 5.74) is 7.51. The number of carbonyl (C=O) groups excluding carboxylic acids is 1. The number of nitrogens with zero attached hydrogens (tertiary/aromatic N) is 1. The SMILES string of the molecule is CCOc1ncc(N)cc1C(=O)Cc1ccc(Br)cc1. The lowest BCUT2D eigenvalue weighted by atomic mass is 10.0. The van der Waals surface area contributed by atoms with E-state index in [0.29, 0.717) is 30.2 Å². The monoisotopic (exact) mass is 334 g/mol. The fourth-order valence-corrected chi connectivity index (χ4v) is 2.07. The second-order valence-electron chi connectivity index (χ2n) is 4.28. The van der Waals surface area contributed by atoms with E-state index in [9.17, 15) is 4.79 Å². The van der Waals surface area contributed by atoms with Gasteiger partial charge in [0, 0.05) is 10.9 Å². The van der Waals surface area contributed by atoms with Crippen LogP contribution in [0.25, 0.3) is 0 Å². The Balaban J connectivity index is 2.23. The van der Waals surface area contributed by atoms with Crippen LogP contribution < -0.4 is 10.5 Å². The molecule has 1 aromatic heterocycles. The van der Waals surface area contributed by atoms with E-state index in [1.807, 2.05) is 31.2 Å². The van der Waals surface area contributed by atoms with E-state index in [2.05, 4.69) is 20.9 Å². The first-order chi connectivity index (χ1) is 9.60. The zero-order chi connectivity index (χ0) is 14.5. The number of halogens is 1. The average Bonchev–Trinajstić information content (AvgIpc) is 2.43. The standard InChI is InChI=1S/C15H15BrN2O2/c1-2-20-15-13(8-12(17)9-18-15)14(19)7-10-3-5-11(16)6-4-10/h3-6,8-9H,2,7,17H2,1H3. The third-order valence-corrected chi connectivity index (χ3v) is 3.26. The summed E-state index contributed by atoms with van der Waals surface area (Å²) in [4.78, 5) is 16.4. The summed E-state index contributed by atoms with van der Waals surface area (Å²) >= 11 is 3.37. The molecule has 20 heavy (non-hydrogen) atoms. The first-order valence-electron chi connectivity index (χ1n) is 6.26. The molecule has 5 heteroatoms. The summed E-state index contributed by atoms with van der Waals surface area (Å²) in [5.74, 6) is 0.277. The molecule has 0 spiro atoms. The minimum absolute atomic E-state index is 0.0597. The highest BCUT2D eigenvalue weighted by Gasteiger charge is 2.15. The molecule has 1 aromatic carbocycles. The molecule has 0 saturated carbocycles. The van der Waals surface area contributed by atoms with Gasteiger partial charge in [-0.2, -0.15) is 0 Å². The number of pyridine rings is 1. The molecule has 2 aromatic rings. The van der Waals surface area contributed by atoms with Crippen molar-refractivity contribution < 1.29 is 9.53 Å². The molecule has 2 N–H and O–H groups in total. The number of hydrogen-bond acceptors (Lipinski definition) is 4. The number of benzene rings is 1. The molecule has 0 radical (unpaired) electrons. The van der Waals surface area contributed by atoms with Gasteiger partial charge in [0.05, 0.1) is 24.1 Å². The van der Waals surface area contributed by atoms with E-state index in [1.54, 1.807) is 6.07 Å². The number of carbonyl (C=O) groups is 1. The van der Waals surface area contributed by atoms with Gasteiger partial charge in [0.25, 0.3) is 0 Å². The van der Waals surface area contributed by atoms with Crippen LogP contribution in [0.1, 0.15) is 22.8 Å². The van der Waals surface area contributed by atoms with E-state index < -0.39 is 0 Å². The molecule has 2 rings (SSSR count). The van der Waals surface area contributed by atoms with E-state index in [0.717, 1.165) is 10.0 Å². The lowest BCUT2D eigenvalue weighted by Gasteiger charge is -2.09. The van der Waals surface area contributed by atoms with Crippen LogP contribution in [0.2, 0.25) is 0 Å². The van der Waals surface area contributed by atoms with Gasteiger partial charge in [-0.05, 0) is 30.7 Å². The lowest BCUT2D eigenvalue weighted by molar-refractivity contribution is 0.0988. The minimum Gasteiger partial charge on any atom is -0.477 e.